The van der Waals surface area contributed by atoms with E-state index >= 15 is 0 Å². The molecule has 5 heteroatoms. The van der Waals surface area contributed by atoms with Gasteiger partial charge in [0.2, 0.25) is 5.91 Å². The summed E-state index contributed by atoms with van der Waals surface area (Å²) in [6, 6.07) is 10.4. The molecule has 2 fully saturated rings. The molecule has 5 nitrogen and oxygen atoms in total. The highest BCUT2D eigenvalue weighted by molar-refractivity contribution is 5.76. The van der Waals surface area contributed by atoms with Gasteiger partial charge in [-0.15, -0.1) is 0 Å². The standard InChI is InChI=1S/C20H29N3O2/c1-15(24)22-11-9-16(10-12-22)13-21-19(25)23-14-20(2,3)18(23)17-7-5-4-6-8-17/h4-8,16,18H,9-14H2,1-3H3,(H,21,25). The van der Waals surface area contributed by atoms with Crippen molar-refractivity contribution < 1.29 is 9.59 Å². The van der Waals surface area contributed by atoms with Gasteiger partial charge in [-0.05, 0) is 24.3 Å². The van der Waals surface area contributed by atoms with Crippen molar-refractivity contribution >= 4 is 11.9 Å². The number of urea groups is 1. The molecule has 3 amide bonds. The van der Waals surface area contributed by atoms with E-state index in [9.17, 15) is 9.59 Å². The Bertz CT molecular complexity index is 621. The number of piperidine rings is 1. The van der Waals surface area contributed by atoms with E-state index in [1.54, 1.807) is 6.92 Å². The first-order valence-corrected chi connectivity index (χ1v) is 9.23. The highest BCUT2D eigenvalue weighted by atomic mass is 16.2. The molecule has 25 heavy (non-hydrogen) atoms. The van der Waals surface area contributed by atoms with Crippen molar-refractivity contribution in [3.8, 4) is 0 Å². The molecule has 0 spiro atoms. The zero-order chi connectivity index (χ0) is 18.0. The molecule has 0 bridgehead atoms. The molecule has 3 rings (SSSR count). The Balaban J connectivity index is 1.53. The average molecular weight is 343 g/mol. The van der Waals surface area contributed by atoms with Gasteiger partial charge in [-0.1, -0.05) is 44.2 Å². The third-order valence-electron chi connectivity index (χ3n) is 5.61. The molecule has 2 aliphatic heterocycles. The lowest BCUT2D eigenvalue weighted by atomic mass is 9.72. The monoisotopic (exact) mass is 343 g/mol. The third-order valence-corrected chi connectivity index (χ3v) is 5.61. The van der Waals surface area contributed by atoms with Crippen LogP contribution < -0.4 is 5.32 Å². The predicted molar refractivity (Wildman–Crippen MR) is 98.0 cm³/mol. The Morgan fingerprint density at radius 2 is 1.80 bits per heavy atom. The molecule has 2 aliphatic rings. The average Bonchev–Trinajstić information content (AvgIpc) is 2.59. The minimum Gasteiger partial charge on any atom is -0.343 e. The van der Waals surface area contributed by atoms with Crippen molar-refractivity contribution in [2.45, 2.75) is 39.7 Å². The maximum atomic E-state index is 12.7. The minimum atomic E-state index is 0.0298. The van der Waals surface area contributed by atoms with Gasteiger partial charge in [-0.2, -0.15) is 0 Å². The topological polar surface area (TPSA) is 52.7 Å². The summed E-state index contributed by atoms with van der Waals surface area (Å²) < 4.78 is 0. The lowest BCUT2D eigenvalue weighted by molar-refractivity contribution is -0.130. The number of benzene rings is 1. The van der Waals surface area contributed by atoms with E-state index in [1.807, 2.05) is 28.0 Å². The van der Waals surface area contributed by atoms with Crippen molar-refractivity contribution in [1.82, 2.24) is 15.1 Å². The van der Waals surface area contributed by atoms with Crippen LogP contribution in [0.3, 0.4) is 0 Å². The molecule has 1 unspecified atom stereocenters. The van der Waals surface area contributed by atoms with E-state index in [-0.39, 0.29) is 23.4 Å². The summed E-state index contributed by atoms with van der Waals surface area (Å²) in [6.45, 7) is 9.14. The van der Waals surface area contributed by atoms with Crippen LogP contribution in [0.4, 0.5) is 4.79 Å². The van der Waals surface area contributed by atoms with Gasteiger partial charge in [0.15, 0.2) is 0 Å². The van der Waals surface area contributed by atoms with Gasteiger partial charge in [0, 0.05) is 38.5 Å². The molecular weight excluding hydrogens is 314 g/mol. The van der Waals surface area contributed by atoms with Crippen LogP contribution in [-0.2, 0) is 4.79 Å². The van der Waals surface area contributed by atoms with Crippen LogP contribution in [0.15, 0.2) is 30.3 Å². The van der Waals surface area contributed by atoms with Gasteiger partial charge in [-0.25, -0.2) is 4.79 Å². The van der Waals surface area contributed by atoms with Crippen LogP contribution in [0.5, 0.6) is 0 Å². The molecule has 1 atom stereocenters. The van der Waals surface area contributed by atoms with Crippen molar-refractivity contribution in [1.29, 1.82) is 0 Å². The second-order valence-electron chi connectivity index (χ2n) is 8.07. The third kappa shape index (κ3) is 3.80. The first kappa shape index (κ1) is 17.8. The number of nitrogens with one attached hydrogen (secondary N) is 1. The Labute approximate surface area is 150 Å². The van der Waals surface area contributed by atoms with E-state index in [1.165, 1.54) is 5.56 Å². The molecule has 1 aromatic rings. The van der Waals surface area contributed by atoms with Crippen molar-refractivity contribution in [3.05, 3.63) is 35.9 Å². The molecule has 0 saturated carbocycles. The van der Waals surface area contributed by atoms with Crippen LogP contribution in [0, 0.1) is 11.3 Å². The number of hydrogen-bond donors (Lipinski definition) is 1. The van der Waals surface area contributed by atoms with Gasteiger partial charge >= 0.3 is 6.03 Å². The zero-order valence-corrected chi connectivity index (χ0v) is 15.5. The number of amides is 3. The minimum absolute atomic E-state index is 0.0298. The van der Waals surface area contributed by atoms with Gasteiger partial charge in [0.25, 0.3) is 0 Å². The molecule has 0 aromatic heterocycles. The number of carbonyl (C=O) groups excluding carboxylic acids is 2. The summed E-state index contributed by atoms with van der Waals surface area (Å²) in [5, 5.41) is 3.12. The quantitative estimate of drug-likeness (QED) is 0.917. The molecule has 136 valence electrons. The van der Waals surface area contributed by atoms with Crippen LogP contribution in [0.2, 0.25) is 0 Å². The zero-order valence-electron chi connectivity index (χ0n) is 15.5. The predicted octanol–water partition coefficient (Wildman–Crippen LogP) is 3.04. The molecule has 0 radical (unpaired) electrons. The van der Waals surface area contributed by atoms with Gasteiger partial charge in [0.1, 0.15) is 0 Å². The molecule has 2 heterocycles. The summed E-state index contributed by atoms with van der Waals surface area (Å²) in [6.07, 6.45) is 1.93. The molecule has 1 N–H and O–H groups in total. The molecular formula is C20H29N3O2. The summed E-state index contributed by atoms with van der Waals surface area (Å²) in [5.41, 5.74) is 1.30. The number of likely N-dealkylation sites (tertiary alicyclic amines) is 2. The number of rotatable bonds is 3. The van der Waals surface area contributed by atoms with Crippen molar-refractivity contribution in [2.24, 2.45) is 11.3 Å². The smallest absolute Gasteiger partial charge is 0.317 e. The summed E-state index contributed by atoms with van der Waals surface area (Å²) in [5.74, 6) is 0.611. The van der Waals surface area contributed by atoms with Crippen LogP contribution in [0.1, 0.15) is 45.2 Å². The first-order valence-electron chi connectivity index (χ1n) is 9.23. The maximum absolute atomic E-state index is 12.7. The van der Waals surface area contributed by atoms with Crippen molar-refractivity contribution in [2.75, 3.05) is 26.2 Å². The molecule has 2 saturated heterocycles. The van der Waals surface area contributed by atoms with E-state index in [4.69, 9.17) is 0 Å². The lowest BCUT2D eigenvalue weighted by Gasteiger charge is -2.54. The van der Waals surface area contributed by atoms with Crippen molar-refractivity contribution in [3.63, 3.8) is 0 Å². The summed E-state index contributed by atoms with van der Waals surface area (Å²) in [7, 11) is 0. The fourth-order valence-electron chi connectivity index (χ4n) is 4.17. The highest BCUT2D eigenvalue weighted by Gasteiger charge is 2.48. The van der Waals surface area contributed by atoms with Gasteiger partial charge in [0.05, 0.1) is 6.04 Å². The fraction of sp³-hybridized carbons (Fsp3) is 0.600. The van der Waals surface area contributed by atoms with Gasteiger partial charge < -0.3 is 15.1 Å². The van der Waals surface area contributed by atoms with Crippen LogP contribution >= 0.6 is 0 Å². The Morgan fingerprint density at radius 3 is 2.36 bits per heavy atom. The number of nitrogens with zero attached hydrogens (tertiary/aromatic N) is 2. The van der Waals surface area contributed by atoms with E-state index in [0.717, 1.165) is 32.5 Å². The van der Waals surface area contributed by atoms with Crippen LogP contribution in [0.25, 0.3) is 0 Å². The Hall–Kier alpha value is -2.04. The fourth-order valence-corrected chi connectivity index (χ4v) is 4.17. The van der Waals surface area contributed by atoms with E-state index in [0.29, 0.717) is 12.5 Å². The second-order valence-corrected chi connectivity index (χ2v) is 8.07. The Morgan fingerprint density at radius 1 is 1.16 bits per heavy atom. The second kappa shape index (κ2) is 7.06. The molecule has 1 aromatic carbocycles. The number of carbonyl (C=O) groups is 2. The lowest BCUT2D eigenvalue weighted by Crippen LogP contribution is -2.60. The summed E-state index contributed by atoms with van der Waals surface area (Å²) in [4.78, 5) is 27.9. The Kier molecular flexibility index (Phi) is 5.02. The SMILES string of the molecule is CC(=O)N1CCC(CNC(=O)N2CC(C)(C)C2c2ccccc2)CC1. The largest absolute Gasteiger partial charge is 0.343 e. The summed E-state index contributed by atoms with van der Waals surface area (Å²) >= 11 is 0. The molecule has 0 aliphatic carbocycles. The van der Waals surface area contributed by atoms with Gasteiger partial charge in [-0.3, -0.25) is 4.79 Å². The van der Waals surface area contributed by atoms with E-state index in [2.05, 4.69) is 31.3 Å². The normalized spacial score (nSPS) is 23.1. The maximum Gasteiger partial charge on any atom is 0.317 e. The number of hydrogen-bond acceptors (Lipinski definition) is 2. The van der Waals surface area contributed by atoms with E-state index < -0.39 is 0 Å². The first-order chi connectivity index (χ1) is 11.9. The highest BCUT2D eigenvalue weighted by Crippen LogP contribution is 2.48. The van der Waals surface area contributed by atoms with Crippen LogP contribution in [-0.4, -0.2) is 47.9 Å².